The van der Waals surface area contributed by atoms with Gasteiger partial charge < -0.3 is 15.4 Å². The summed E-state index contributed by atoms with van der Waals surface area (Å²) >= 11 is 0. The van der Waals surface area contributed by atoms with Crippen LogP contribution in [0.2, 0.25) is 0 Å². The summed E-state index contributed by atoms with van der Waals surface area (Å²) in [5, 5.41) is 5.84. The summed E-state index contributed by atoms with van der Waals surface area (Å²) in [6.07, 6.45) is 1.03. The molecule has 14 heavy (non-hydrogen) atoms. The lowest BCUT2D eigenvalue weighted by Gasteiger charge is -2.07. The van der Waals surface area contributed by atoms with Gasteiger partial charge in [-0.25, -0.2) is 0 Å². The van der Waals surface area contributed by atoms with E-state index in [9.17, 15) is 4.79 Å². The van der Waals surface area contributed by atoms with Crippen LogP contribution in [0.3, 0.4) is 0 Å². The smallest absolute Gasteiger partial charge is 0.233 e. The van der Waals surface area contributed by atoms with Crippen molar-refractivity contribution in [2.75, 3.05) is 33.4 Å². The number of rotatable bonds is 8. The van der Waals surface area contributed by atoms with Crippen LogP contribution in [0, 0.1) is 5.92 Å². The van der Waals surface area contributed by atoms with E-state index in [1.165, 1.54) is 0 Å². The van der Waals surface area contributed by atoms with Crippen molar-refractivity contribution < 1.29 is 9.53 Å². The molecule has 0 bridgehead atoms. The fourth-order valence-electron chi connectivity index (χ4n) is 0.939. The number of ether oxygens (including phenoxy) is 1. The monoisotopic (exact) mass is 202 g/mol. The summed E-state index contributed by atoms with van der Waals surface area (Å²) in [5.41, 5.74) is 0. The highest BCUT2D eigenvalue weighted by Gasteiger charge is 1.99. The zero-order chi connectivity index (χ0) is 10.8. The van der Waals surface area contributed by atoms with Gasteiger partial charge in [0.1, 0.15) is 0 Å². The third kappa shape index (κ3) is 9.48. The molecule has 0 rings (SSSR count). The molecule has 0 spiro atoms. The lowest BCUT2D eigenvalue weighted by molar-refractivity contribution is -0.120. The molecule has 0 radical (unpaired) electrons. The second-order valence-electron chi connectivity index (χ2n) is 3.70. The maximum Gasteiger partial charge on any atom is 0.233 e. The number of carbonyl (C=O) groups is 1. The SMILES string of the molecule is COCCNCC(=O)NCCC(C)C. The molecule has 0 saturated carbocycles. The fourth-order valence-corrected chi connectivity index (χ4v) is 0.939. The lowest BCUT2D eigenvalue weighted by atomic mass is 10.1. The van der Waals surface area contributed by atoms with Gasteiger partial charge in [-0.3, -0.25) is 4.79 Å². The van der Waals surface area contributed by atoms with E-state index in [-0.39, 0.29) is 5.91 Å². The predicted octanol–water partition coefficient (Wildman–Crippen LogP) is 0.385. The first kappa shape index (κ1) is 13.4. The number of amides is 1. The summed E-state index contributed by atoms with van der Waals surface area (Å²) in [4.78, 5) is 11.2. The molecular formula is C10H22N2O2. The summed E-state index contributed by atoms with van der Waals surface area (Å²) in [6, 6.07) is 0. The second kappa shape index (κ2) is 8.97. The van der Waals surface area contributed by atoms with E-state index < -0.39 is 0 Å². The molecule has 0 heterocycles. The van der Waals surface area contributed by atoms with Gasteiger partial charge in [-0.1, -0.05) is 13.8 Å². The Morgan fingerprint density at radius 1 is 1.36 bits per heavy atom. The van der Waals surface area contributed by atoms with E-state index in [1.807, 2.05) is 0 Å². The molecule has 84 valence electrons. The zero-order valence-corrected chi connectivity index (χ0v) is 9.43. The standard InChI is InChI=1S/C10H22N2O2/c1-9(2)4-5-12-10(13)8-11-6-7-14-3/h9,11H,4-8H2,1-3H3,(H,12,13). The normalized spacial score (nSPS) is 10.6. The van der Waals surface area contributed by atoms with Crippen LogP contribution in [0.4, 0.5) is 0 Å². The van der Waals surface area contributed by atoms with Crippen LogP contribution in [0.15, 0.2) is 0 Å². The van der Waals surface area contributed by atoms with Gasteiger partial charge in [0.05, 0.1) is 13.2 Å². The van der Waals surface area contributed by atoms with Crippen LogP contribution >= 0.6 is 0 Å². The molecule has 0 aromatic rings. The molecule has 0 aromatic heterocycles. The van der Waals surface area contributed by atoms with Gasteiger partial charge in [-0.2, -0.15) is 0 Å². The van der Waals surface area contributed by atoms with Gasteiger partial charge in [0.15, 0.2) is 0 Å². The Labute approximate surface area is 86.4 Å². The van der Waals surface area contributed by atoms with Crippen LogP contribution in [-0.4, -0.2) is 39.3 Å². The average molecular weight is 202 g/mol. The Kier molecular flexibility index (Phi) is 8.57. The Morgan fingerprint density at radius 2 is 2.07 bits per heavy atom. The Hall–Kier alpha value is -0.610. The quantitative estimate of drug-likeness (QED) is 0.560. The molecule has 1 amide bonds. The Balaban J connectivity index is 3.20. The minimum Gasteiger partial charge on any atom is -0.383 e. The van der Waals surface area contributed by atoms with Gasteiger partial charge in [0.25, 0.3) is 0 Å². The first-order chi connectivity index (χ1) is 6.66. The lowest BCUT2D eigenvalue weighted by Crippen LogP contribution is -2.35. The Morgan fingerprint density at radius 3 is 2.64 bits per heavy atom. The summed E-state index contributed by atoms with van der Waals surface area (Å²) in [7, 11) is 1.64. The number of nitrogens with one attached hydrogen (secondary N) is 2. The number of carbonyl (C=O) groups excluding carboxylic acids is 1. The van der Waals surface area contributed by atoms with Crippen molar-refractivity contribution in [2.45, 2.75) is 20.3 Å². The van der Waals surface area contributed by atoms with Crippen molar-refractivity contribution in [3.05, 3.63) is 0 Å². The number of hydrogen-bond donors (Lipinski definition) is 2. The van der Waals surface area contributed by atoms with Crippen molar-refractivity contribution in [3.8, 4) is 0 Å². The van der Waals surface area contributed by atoms with Crippen molar-refractivity contribution in [1.82, 2.24) is 10.6 Å². The topological polar surface area (TPSA) is 50.4 Å². The largest absolute Gasteiger partial charge is 0.383 e. The molecule has 0 unspecified atom stereocenters. The molecule has 0 fully saturated rings. The maximum absolute atomic E-state index is 11.2. The Bertz CT molecular complexity index is 149. The molecule has 4 nitrogen and oxygen atoms in total. The first-order valence-corrected chi connectivity index (χ1v) is 5.13. The molecule has 0 saturated heterocycles. The van der Waals surface area contributed by atoms with Crippen LogP contribution in [-0.2, 0) is 9.53 Å². The van der Waals surface area contributed by atoms with Gasteiger partial charge in [-0.15, -0.1) is 0 Å². The van der Waals surface area contributed by atoms with Crippen molar-refractivity contribution in [2.24, 2.45) is 5.92 Å². The van der Waals surface area contributed by atoms with Crippen LogP contribution < -0.4 is 10.6 Å². The predicted molar refractivity (Wildman–Crippen MR) is 57.2 cm³/mol. The molecule has 0 aliphatic carbocycles. The van der Waals surface area contributed by atoms with E-state index in [4.69, 9.17) is 4.74 Å². The van der Waals surface area contributed by atoms with Crippen LogP contribution in [0.1, 0.15) is 20.3 Å². The summed E-state index contributed by atoms with van der Waals surface area (Å²) in [6.45, 7) is 6.78. The van der Waals surface area contributed by atoms with E-state index in [0.29, 0.717) is 25.6 Å². The highest BCUT2D eigenvalue weighted by atomic mass is 16.5. The van der Waals surface area contributed by atoms with E-state index in [1.54, 1.807) is 7.11 Å². The minimum atomic E-state index is 0.0572. The van der Waals surface area contributed by atoms with E-state index >= 15 is 0 Å². The third-order valence-corrected chi connectivity index (χ3v) is 1.81. The number of hydrogen-bond acceptors (Lipinski definition) is 3. The minimum absolute atomic E-state index is 0.0572. The van der Waals surface area contributed by atoms with Crippen molar-refractivity contribution >= 4 is 5.91 Å². The van der Waals surface area contributed by atoms with Gasteiger partial charge in [-0.05, 0) is 12.3 Å². The highest BCUT2D eigenvalue weighted by Crippen LogP contribution is 1.95. The first-order valence-electron chi connectivity index (χ1n) is 5.13. The highest BCUT2D eigenvalue weighted by molar-refractivity contribution is 5.77. The van der Waals surface area contributed by atoms with E-state index in [0.717, 1.165) is 13.0 Å². The zero-order valence-electron chi connectivity index (χ0n) is 9.43. The molecule has 0 aromatic carbocycles. The number of methoxy groups -OCH3 is 1. The van der Waals surface area contributed by atoms with Crippen molar-refractivity contribution in [3.63, 3.8) is 0 Å². The maximum atomic E-state index is 11.2. The second-order valence-corrected chi connectivity index (χ2v) is 3.70. The fraction of sp³-hybridized carbons (Fsp3) is 0.900. The van der Waals surface area contributed by atoms with Crippen LogP contribution in [0.5, 0.6) is 0 Å². The van der Waals surface area contributed by atoms with Gasteiger partial charge >= 0.3 is 0 Å². The summed E-state index contributed by atoms with van der Waals surface area (Å²) < 4.78 is 4.84. The van der Waals surface area contributed by atoms with Crippen molar-refractivity contribution in [1.29, 1.82) is 0 Å². The third-order valence-electron chi connectivity index (χ3n) is 1.81. The van der Waals surface area contributed by atoms with Crippen LogP contribution in [0.25, 0.3) is 0 Å². The molecule has 2 N–H and O–H groups in total. The van der Waals surface area contributed by atoms with E-state index in [2.05, 4.69) is 24.5 Å². The molecule has 0 atom stereocenters. The molecule has 0 aliphatic rings. The molecule has 4 heteroatoms. The molecule has 0 aliphatic heterocycles. The van der Waals surface area contributed by atoms with Gasteiger partial charge in [0, 0.05) is 20.2 Å². The average Bonchev–Trinajstić information content (AvgIpc) is 2.12. The van der Waals surface area contributed by atoms with Gasteiger partial charge in [0.2, 0.25) is 5.91 Å². The summed E-state index contributed by atoms with van der Waals surface area (Å²) in [5.74, 6) is 0.693. The molecular weight excluding hydrogens is 180 g/mol.